The molecule has 0 spiro atoms. The standard InChI is InChI=1S/C21H23ClN6O3.C19H20ClN7O3/c1-13-3-4-16(9-14(13)2)24-21(30)28-7-5-27(6-8-28)19-17(22)10-15(11-23-19)20-25-18(12-29)26-31-20;1-12-2-3-15(21-9-12)24-19(29)27-6-4-26(5-7-27)17-14(20)8-13(10-22-17)18-23-16(11-28)25-30-18/h3-4,9-11,29H,5-8,12H2,1-2H3,(H,24,30);2-3,8-10,28H,4-7,11H2,1H3,(H,21,24,29). The molecule has 2 saturated heterocycles. The highest BCUT2D eigenvalue weighted by molar-refractivity contribution is 6.33. The Kier molecular flexibility index (Phi) is 13.5. The number of nitrogens with one attached hydrogen (secondary N) is 2. The first-order valence-electron chi connectivity index (χ1n) is 19.3. The monoisotopic (exact) mass is 871 g/mol. The first kappa shape index (κ1) is 42.7. The molecular weight excluding hydrogens is 829 g/mol. The number of piperazine rings is 2. The van der Waals surface area contributed by atoms with Crippen LogP contribution in [-0.2, 0) is 13.2 Å². The number of pyridine rings is 3. The summed E-state index contributed by atoms with van der Waals surface area (Å²) >= 11 is 12.9. The van der Waals surface area contributed by atoms with E-state index >= 15 is 0 Å². The lowest BCUT2D eigenvalue weighted by molar-refractivity contribution is 0.207. The van der Waals surface area contributed by atoms with E-state index in [9.17, 15) is 9.59 Å². The normalized spacial score (nSPS) is 14.1. The number of urea groups is 2. The van der Waals surface area contributed by atoms with Crippen molar-refractivity contribution in [3.63, 3.8) is 0 Å². The highest BCUT2D eigenvalue weighted by atomic mass is 35.5. The highest BCUT2D eigenvalue weighted by Crippen LogP contribution is 2.30. The molecule has 0 radical (unpaired) electrons. The average Bonchev–Trinajstić information content (AvgIpc) is 3.97. The van der Waals surface area contributed by atoms with Gasteiger partial charge in [0.25, 0.3) is 11.8 Å². The molecule has 5 aromatic heterocycles. The van der Waals surface area contributed by atoms with Crippen molar-refractivity contribution in [1.82, 2.24) is 45.0 Å². The first-order valence-corrected chi connectivity index (χ1v) is 20.0. The number of halogens is 2. The zero-order valence-electron chi connectivity index (χ0n) is 33.5. The van der Waals surface area contributed by atoms with Crippen LogP contribution in [0.5, 0.6) is 0 Å². The topological polar surface area (TPSA) is 228 Å². The Labute approximate surface area is 360 Å². The van der Waals surface area contributed by atoms with Crippen molar-refractivity contribution >= 4 is 58.4 Å². The number of hydrogen-bond acceptors (Lipinski definition) is 15. The molecular formula is C40H43Cl2N13O6. The van der Waals surface area contributed by atoms with E-state index in [-0.39, 0.29) is 48.7 Å². The maximum absolute atomic E-state index is 12.6. The maximum Gasteiger partial charge on any atom is 0.323 e. The summed E-state index contributed by atoms with van der Waals surface area (Å²) in [5.41, 5.74) is 5.30. The molecule has 8 rings (SSSR count). The van der Waals surface area contributed by atoms with Gasteiger partial charge in [0.1, 0.15) is 30.7 Å². The number of benzene rings is 1. The van der Waals surface area contributed by atoms with Gasteiger partial charge in [-0.1, -0.05) is 45.6 Å². The van der Waals surface area contributed by atoms with Crippen LogP contribution >= 0.6 is 23.2 Å². The van der Waals surface area contributed by atoms with E-state index in [1.165, 1.54) is 5.56 Å². The Hall–Kier alpha value is -6.41. The third kappa shape index (κ3) is 10.5. The summed E-state index contributed by atoms with van der Waals surface area (Å²) in [5.74, 6) is 2.68. The highest BCUT2D eigenvalue weighted by Gasteiger charge is 2.26. The predicted molar refractivity (Wildman–Crippen MR) is 227 cm³/mol. The quantitative estimate of drug-likeness (QED) is 0.146. The third-order valence-electron chi connectivity index (χ3n) is 9.99. The smallest absolute Gasteiger partial charge is 0.323 e. The van der Waals surface area contributed by atoms with E-state index in [2.05, 4.69) is 45.9 Å². The van der Waals surface area contributed by atoms with Crippen LogP contribution in [0, 0.1) is 20.8 Å². The Morgan fingerprint density at radius 3 is 1.57 bits per heavy atom. The molecule has 0 bridgehead atoms. The average molecular weight is 873 g/mol. The van der Waals surface area contributed by atoms with Crippen molar-refractivity contribution in [2.75, 3.05) is 72.8 Å². The number of carbonyl (C=O) groups is 2. The number of nitrogens with zero attached hydrogens (tertiary/aromatic N) is 11. The minimum atomic E-state index is -0.305. The Morgan fingerprint density at radius 1 is 0.639 bits per heavy atom. The lowest BCUT2D eigenvalue weighted by atomic mass is 10.1. The number of anilines is 4. The maximum atomic E-state index is 12.6. The molecule has 0 aliphatic carbocycles. The second-order valence-corrected chi connectivity index (χ2v) is 15.0. The van der Waals surface area contributed by atoms with E-state index in [1.807, 2.05) is 54.8 Å². The summed E-state index contributed by atoms with van der Waals surface area (Å²) in [7, 11) is 0. The van der Waals surface area contributed by atoms with E-state index in [1.54, 1.807) is 46.6 Å². The van der Waals surface area contributed by atoms with E-state index in [0.717, 1.165) is 16.8 Å². The van der Waals surface area contributed by atoms with Crippen LogP contribution in [-0.4, -0.2) is 120 Å². The van der Waals surface area contributed by atoms with Crippen molar-refractivity contribution in [1.29, 1.82) is 0 Å². The lowest BCUT2D eigenvalue weighted by Crippen LogP contribution is -2.50. The molecule has 19 nitrogen and oxygen atoms in total. The molecule has 2 aliphatic rings. The number of rotatable bonds is 8. The van der Waals surface area contributed by atoms with Gasteiger partial charge in [-0.3, -0.25) is 5.32 Å². The van der Waals surface area contributed by atoms with Gasteiger partial charge in [0, 0.05) is 76.6 Å². The molecule has 1 aromatic carbocycles. The zero-order valence-corrected chi connectivity index (χ0v) is 35.1. The van der Waals surface area contributed by atoms with Gasteiger partial charge in [-0.2, -0.15) is 9.97 Å². The number of hydrogen-bond donors (Lipinski definition) is 4. The first-order chi connectivity index (χ1) is 29.5. The Balaban J connectivity index is 0.000000184. The van der Waals surface area contributed by atoms with E-state index in [0.29, 0.717) is 91.0 Å². The third-order valence-corrected chi connectivity index (χ3v) is 10.6. The molecule has 0 saturated carbocycles. The molecule has 0 unspecified atom stereocenters. The summed E-state index contributed by atoms with van der Waals surface area (Å²) in [6, 6.07) is 12.7. The van der Waals surface area contributed by atoms with Gasteiger partial charge in [0.15, 0.2) is 11.6 Å². The van der Waals surface area contributed by atoms with Crippen LogP contribution in [0.2, 0.25) is 10.0 Å². The van der Waals surface area contributed by atoms with Gasteiger partial charge in [-0.05, 0) is 67.8 Å². The van der Waals surface area contributed by atoms with Gasteiger partial charge in [0.05, 0.1) is 21.2 Å². The zero-order chi connectivity index (χ0) is 43.0. The molecule has 21 heteroatoms. The SMILES string of the molecule is Cc1ccc(NC(=O)N2CCN(c3ncc(-c4nc(CO)no4)cc3Cl)CC2)cc1C.Cc1ccc(NC(=O)N2CCN(c3ncc(-c4nc(CO)no4)cc3Cl)CC2)nc1. The van der Waals surface area contributed by atoms with Gasteiger partial charge < -0.3 is 44.2 Å². The van der Waals surface area contributed by atoms with Crippen molar-refractivity contribution in [2.45, 2.75) is 34.0 Å². The largest absolute Gasteiger partial charge is 0.388 e. The van der Waals surface area contributed by atoms with Crippen LogP contribution in [0.4, 0.5) is 32.7 Å². The van der Waals surface area contributed by atoms with Crippen molar-refractivity contribution in [3.05, 3.63) is 99.4 Å². The fourth-order valence-corrected chi connectivity index (χ4v) is 7.00. The molecule has 2 fully saturated rings. The molecule has 0 atom stereocenters. The molecule has 7 heterocycles. The fraction of sp³-hybridized carbons (Fsp3) is 0.325. The number of carbonyl (C=O) groups excluding carboxylic acids is 2. The molecule has 4 amide bonds. The Morgan fingerprint density at radius 2 is 1.15 bits per heavy atom. The van der Waals surface area contributed by atoms with Crippen molar-refractivity contribution in [2.24, 2.45) is 0 Å². The van der Waals surface area contributed by atoms with Crippen molar-refractivity contribution < 1.29 is 28.8 Å². The minimum Gasteiger partial charge on any atom is -0.388 e. The summed E-state index contributed by atoms with van der Waals surface area (Å²) in [6.45, 7) is 9.98. The van der Waals surface area contributed by atoms with Crippen LogP contribution in [0.15, 0.2) is 70.1 Å². The number of aliphatic hydroxyl groups is 2. The van der Waals surface area contributed by atoms with Crippen LogP contribution in [0.1, 0.15) is 28.3 Å². The minimum absolute atomic E-state index is 0.117. The second kappa shape index (κ2) is 19.3. The molecule has 318 valence electrons. The van der Waals surface area contributed by atoms with Gasteiger partial charge in [-0.25, -0.2) is 24.5 Å². The van der Waals surface area contributed by atoms with E-state index in [4.69, 9.17) is 42.5 Å². The summed E-state index contributed by atoms with van der Waals surface area (Å²) in [5, 5.41) is 32.1. The molecule has 6 aromatic rings. The molecule has 4 N–H and O–H groups in total. The van der Waals surface area contributed by atoms with Crippen LogP contribution in [0.3, 0.4) is 0 Å². The predicted octanol–water partition coefficient (Wildman–Crippen LogP) is 5.58. The van der Waals surface area contributed by atoms with Crippen molar-refractivity contribution in [3.8, 4) is 22.9 Å². The fourth-order valence-electron chi connectivity index (χ4n) is 6.43. The molecule has 61 heavy (non-hydrogen) atoms. The van der Waals surface area contributed by atoms with Crippen LogP contribution in [0.25, 0.3) is 22.9 Å². The number of amides is 4. The van der Waals surface area contributed by atoms with Gasteiger partial charge in [-0.15, -0.1) is 0 Å². The van der Waals surface area contributed by atoms with E-state index < -0.39 is 0 Å². The van der Waals surface area contributed by atoms with Gasteiger partial charge in [0.2, 0.25) is 0 Å². The molecule has 2 aliphatic heterocycles. The second-order valence-electron chi connectivity index (χ2n) is 14.2. The lowest BCUT2D eigenvalue weighted by Gasteiger charge is -2.35. The summed E-state index contributed by atoms with van der Waals surface area (Å²) in [6.07, 6.45) is 4.91. The summed E-state index contributed by atoms with van der Waals surface area (Å²) in [4.78, 5) is 53.9. The number of aromatic nitrogens is 7. The van der Waals surface area contributed by atoms with Crippen LogP contribution < -0.4 is 20.4 Å². The summed E-state index contributed by atoms with van der Waals surface area (Å²) < 4.78 is 10.2. The Bertz CT molecular complexity index is 2470. The number of aliphatic hydroxyl groups excluding tert-OH is 2. The number of aryl methyl sites for hydroxylation is 3. The van der Waals surface area contributed by atoms with Gasteiger partial charge >= 0.3 is 12.1 Å².